The van der Waals surface area contributed by atoms with Crippen LogP contribution in [0.25, 0.3) is 0 Å². The van der Waals surface area contributed by atoms with Crippen molar-refractivity contribution in [1.82, 2.24) is 14.7 Å². The lowest BCUT2D eigenvalue weighted by Crippen LogP contribution is -2.35. The molecular weight excluding hydrogens is 276 g/mol. The first-order valence-electron chi connectivity index (χ1n) is 7.83. The number of rotatable bonds is 4. The lowest BCUT2D eigenvalue weighted by molar-refractivity contribution is 0.174. The average Bonchev–Trinajstić information content (AvgIpc) is 2.85. The zero-order chi connectivity index (χ0) is 16.1. The maximum absolute atomic E-state index is 9.67. The zero-order valence-electron chi connectivity index (χ0n) is 14.2. The average molecular weight is 304 g/mol. The summed E-state index contributed by atoms with van der Waals surface area (Å²) < 4.78 is 0. The van der Waals surface area contributed by atoms with Gasteiger partial charge in [0, 0.05) is 47.8 Å². The maximum atomic E-state index is 9.67. The summed E-state index contributed by atoms with van der Waals surface area (Å²) in [7, 11) is 8.04. The van der Waals surface area contributed by atoms with Crippen molar-refractivity contribution < 1.29 is 5.11 Å². The molecule has 1 atom stereocenters. The molecule has 0 bridgehead atoms. The van der Waals surface area contributed by atoms with Gasteiger partial charge >= 0.3 is 0 Å². The molecule has 22 heavy (non-hydrogen) atoms. The molecule has 0 unspecified atom stereocenters. The summed E-state index contributed by atoms with van der Waals surface area (Å²) in [6.45, 7) is 3.32. The third-order valence-corrected chi connectivity index (χ3v) is 3.95. The highest BCUT2D eigenvalue weighted by atomic mass is 16.3. The van der Waals surface area contributed by atoms with E-state index < -0.39 is 0 Å². The van der Waals surface area contributed by atoms with Gasteiger partial charge in [0.25, 0.3) is 0 Å². The normalized spacial score (nSPS) is 18.3. The van der Waals surface area contributed by atoms with Gasteiger partial charge in [-0.3, -0.25) is 4.90 Å². The molecule has 0 saturated carbocycles. The van der Waals surface area contributed by atoms with Crippen LogP contribution in [0.15, 0.2) is 29.3 Å². The fraction of sp³-hybridized carbons (Fsp3) is 0.588. The number of guanidine groups is 1. The molecule has 0 aromatic heterocycles. The molecule has 1 aliphatic rings. The standard InChI is InChI=1S/C17H28N4O/c1-19(2)17(20(3)4)18-11-14-7-5-6-8-15(14)12-21-10-9-16(22)13-21/h5-8,16,22H,9-13H2,1-4H3/t16-/m1/s1. The number of β-amino-alcohol motifs (C(OH)–C–C–N with tert-alkyl or cyclic N) is 1. The van der Waals surface area contributed by atoms with Crippen molar-refractivity contribution >= 4 is 5.96 Å². The van der Waals surface area contributed by atoms with Crippen LogP contribution in [-0.2, 0) is 13.1 Å². The first-order valence-corrected chi connectivity index (χ1v) is 7.83. The Hall–Kier alpha value is -1.59. The van der Waals surface area contributed by atoms with Crippen LogP contribution >= 0.6 is 0 Å². The van der Waals surface area contributed by atoms with Gasteiger partial charge in [-0.25, -0.2) is 4.99 Å². The van der Waals surface area contributed by atoms with Crippen LogP contribution < -0.4 is 0 Å². The van der Waals surface area contributed by atoms with Crippen LogP contribution in [0.3, 0.4) is 0 Å². The highest BCUT2D eigenvalue weighted by Crippen LogP contribution is 2.17. The van der Waals surface area contributed by atoms with Crippen molar-refractivity contribution in [3.05, 3.63) is 35.4 Å². The van der Waals surface area contributed by atoms with Crippen LogP contribution in [0.2, 0.25) is 0 Å². The number of aliphatic hydroxyl groups is 1. The molecule has 1 N–H and O–H groups in total. The molecule has 0 aliphatic carbocycles. The number of hydrogen-bond donors (Lipinski definition) is 1. The molecule has 2 rings (SSSR count). The number of likely N-dealkylation sites (tertiary alicyclic amines) is 1. The molecule has 5 heteroatoms. The van der Waals surface area contributed by atoms with E-state index in [0.717, 1.165) is 32.0 Å². The Bertz CT molecular complexity index is 503. The minimum Gasteiger partial charge on any atom is -0.392 e. The van der Waals surface area contributed by atoms with Gasteiger partial charge in [0.15, 0.2) is 5.96 Å². The van der Waals surface area contributed by atoms with E-state index in [1.165, 1.54) is 11.1 Å². The van der Waals surface area contributed by atoms with E-state index in [2.05, 4.69) is 29.2 Å². The summed E-state index contributed by atoms with van der Waals surface area (Å²) in [6.07, 6.45) is 0.713. The van der Waals surface area contributed by atoms with Gasteiger partial charge in [0.1, 0.15) is 0 Å². The largest absolute Gasteiger partial charge is 0.392 e. The molecule has 1 aromatic rings. The number of hydrogen-bond acceptors (Lipinski definition) is 3. The number of nitrogens with zero attached hydrogens (tertiary/aromatic N) is 4. The van der Waals surface area contributed by atoms with Crippen molar-refractivity contribution in [1.29, 1.82) is 0 Å². The predicted molar refractivity (Wildman–Crippen MR) is 90.9 cm³/mol. The molecule has 1 fully saturated rings. The van der Waals surface area contributed by atoms with E-state index in [4.69, 9.17) is 4.99 Å². The van der Waals surface area contributed by atoms with Gasteiger partial charge in [0.05, 0.1) is 12.6 Å². The minimum atomic E-state index is -0.167. The predicted octanol–water partition coefficient (Wildman–Crippen LogP) is 1.23. The van der Waals surface area contributed by atoms with Crippen molar-refractivity contribution in [3.63, 3.8) is 0 Å². The fourth-order valence-electron chi connectivity index (χ4n) is 2.90. The summed E-state index contributed by atoms with van der Waals surface area (Å²) in [5, 5.41) is 9.67. The Morgan fingerprint density at radius 1 is 1.18 bits per heavy atom. The smallest absolute Gasteiger partial charge is 0.195 e. The van der Waals surface area contributed by atoms with E-state index in [0.29, 0.717) is 6.54 Å². The van der Waals surface area contributed by atoms with Crippen LogP contribution in [0, 0.1) is 0 Å². The van der Waals surface area contributed by atoms with Gasteiger partial charge in [-0.05, 0) is 17.5 Å². The molecule has 122 valence electrons. The minimum absolute atomic E-state index is 0.167. The Kier molecular flexibility index (Phi) is 5.80. The molecule has 1 aliphatic heterocycles. The zero-order valence-corrected chi connectivity index (χ0v) is 14.2. The Morgan fingerprint density at radius 2 is 1.82 bits per heavy atom. The molecule has 1 saturated heterocycles. The summed E-state index contributed by atoms with van der Waals surface area (Å²) in [5.41, 5.74) is 2.56. The topological polar surface area (TPSA) is 42.3 Å². The number of benzene rings is 1. The van der Waals surface area contributed by atoms with Crippen LogP contribution in [0.1, 0.15) is 17.5 Å². The van der Waals surface area contributed by atoms with Gasteiger partial charge in [-0.1, -0.05) is 24.3 Å². The first-order chi connectivity index (χ1) is 10.5. The quantitative estimate of drug-likeness (QED) is 0.671. The second-order valence-electron chi connectivity index (χ2n) is 6.35. The molecule has 1 aromatic carbocycles. The molecule has 1 heterocycles. The van der Waals surface area contributed by atoms with Crippen LogP contribution in [0.4, 0.5) is 0 Å². The lowest BCUT2D eigenvalue weighted by Gasteiger charge is -2.23. The Balaban J connectivity index is 2.09. The van der Waals surface area contributed by atoms with E-state index >= 15 is 0 Å². The van der Waals surface area contributed by atoms with Crippen LogP contribution in [-0.4, -0.2) is 73.1 Å². The van der Waals surface area contributed by atoms with Gasteiger partial charge in [-0.15, -0.1) is 0 Å². The van der Waals surface area contributed by atoms with Gasteiger partial charge in [-0.2, -0.15) is 0 Å². The second kappa shape index (κ2) is 7.61. The molecule has 5 nitrogen and oxygen atoms in total. The summed E-state index contributed by atoms with van der Waals surface area (Å²) in [5.74, 6) is 0.964. The van der Waals surface area contributed by atoms with E-state index in [1.54, 1.807) is 0 Å². The molecule has 0 radical (unpaired) electrons. The highest BCUT2D eigenvalue weighted by molar-refractivity contribution is 5.79. The molecule has 0 amide bonds. The highest BCUT2D eigenvalue weighted by Gasteiger charge is 2.20. The van der Waals surface area contributed by atoms with Crippen molar-refractivity contribution in [2.24, 2.45) is 4.99 Å². The first kappa shape index (κ1) is 16.8. The Morgan fingerprint density at radius 3 is 2.36 bits per heavy atom. The van der Waals surface area contributed by atoms with Crippen molar-refractivity contribution in [2.75, 3.05) is 41.3 Å². The van der Waals surface area contributed by atoms with Crippen molar-refractivity contribution in [2.45, 2.75) is 25.6 Å². The van der Waals surface area contributed by atoms with Crippen molar-refractivity contribution in [3.8, 4) is 0 Å². The number of aliphatic hydroxyl groups excluding tert-OH is 1. The fourth-order valence-corrected chi connectivity index (χ4v) is 2.90. The SMILES string of the molecule is CN(C)C(=NCc1ccccc1CN1CC[C@@H](O)C1)N(C)C. The second-order valence-corrected chi connectivity index (χ2v) is 6.35. The van der Waals surface area contributed by atoms with E-state index in [9.17, 15) is 5.11 Å². The molecule has 0 spiro atoms. The third-order valence-electron chi connectivity index (χ3n) is 3.95. The number of aliphatic imine (C=N–C) groups is 1. The Labute approximate surface area is 133 Å². The van der Waals surface area contributed by atoms with E-state index in [-0.39, 0.29) is 6.10 Å². The molecular formula is C17H28N4O. The summed E-state index contributed by atoms with van der Waals surface area (Å²) in [6, 6.07) is 8.46. The van der Waals surface area contributed by atoms with E-state index in [1.807, 2.05) is 38.0 Å². The monoisotopic (exact) mass is 304 g/mol. The lowest BCUT2D eigenvalue weighted by atomic mass is 10.1. The summed E-state index contributed by atoms with van der Waals surface area (Å²) >= 11 is 0. The third kappa shape index (κ3) is 4.45. The van der Waals surface area contributed by atoms with Gasteiger partial charge < -0.3 is 14.9 Å². The summed E-state index contributed by atoms with van der Waals surface area (Å²) in [4.78, 5) is 11.1. The maximum Gasteiger partial charge on any atom is 0.195 e. The van der Waals surface area contributed by atoms with Gasteiger partial charge in [0.2, 0.25) is 0 Å². The van der Waals surface area contributed by atoms with Crippen LogP contribution in [0.5, 0.6) is 0 Å².